The predicted octanol–water partition coefficient (Wildman–Crippen LogP) is 1.37. The third kappa shape index (κ3) is 7.89. The molecule has 2 N–H and O–H groups in total. The minimum Gasteiger partial charge on any atom is -0.396 e. The summed E-state index contributed by atoms with van der Waals surface area (Å²) in [6.07, 6.45) is 3.04. The van der Waals surface area contributed by atoms with Crippen LogP contribution in [0.1, 0.15) is 39.5 Å². The quantitative estimate of drug-likeness (QED) is 0.481. The summed E-state index contributed by atoms with van der Waals surface area (Å²) in [5.74, 6) is 0. The van der Waals surface area contributed by atoms with E-state index in [0.29, 0.717) is 0 Å². The van der Waals surface area contributed by atoms with Crippen molar-refractivity contribution in [3.63, 3.8) is 0 Å². The number of nitrogens with zero attached hydrogens (tertiary/aromatic N) is 2. The molecule has 0 heterocycles. The van der Waals surface area contributed by atoms with Crippen LogP contribution >= 0.6 is 0 Å². The van der Waals surface area contributed by atoms with Gasteiger partial charge in [-0.2, -0.15) is 10.2 Å². The van der Waals surface area contributed by atoms with Gasteiger partial charge in [0.25, 0.3) is 0 Å². The average molecular weight is 200 g/mol. The second-order valence-electron chi connectivity index (χ2n) is 3.32. The molecule has 4 nitrogen and oxygen atoms in total. The lowest BCUT2D eigenvalue weighted by Crippen LogP contribution is -1.96. The maximum absolute atomic E-state index is 8.59. The second kappa shape index (κ2) is 8.84. The Morgan fingerprint density at radius 2 is 1.21 bits per heavy atom. The molecule has 0 rings (SSSR count). The lowest BCUT2D eigenvalue weighted by molar-refractivity contribution is 0.290. The molecule has 0 amide bonds. The molecule has 0 fully saturated rings. The first-order valence-corrected chi connectivity index (χ1v) is 4.99. The Morgan fingerprint density at radius 1 is 0.857 bits per heavy atom. The normalized spacial score (nSPS) is 13.4. The zero-order valence-corrected chi connectivity index (χ0v) is 9.03. The first-order chi connectivity index (χ1) is 6.70. The van der Waals surface area contributed by atoms with Gasteiger partial charge in [0.1, 0.15) is 0 Å². The first kappa shape index (κ1) is 13.3. The van der Waals surface area contributed by atoms with Gasteiger partial charge < -0.3 is 10.2 Å². The molecule has 0 spiro atoms. The molecule has 0 aromatic rings. The van der Waals surface area contributed by atoms with Crippen molar-refractivity contribution in [3.8, 4) is 0 Å². The van der Waals surface area contributed by atoms with Crippen molar-refractivity contribution in [2.75, 3.05) is 13.2 Å². The SMILES string of the molecule is CC(CCCO)=NN=C(C)CCCO. The highest BCUT2D eigenvalue weighted by atomic mass is 16.3. The average Bonchev–Trinajstić information content (AvgIpc) is 2.20. The van der Waals surface area contributed by atoms with E-state index in [1.807, 2.05) is 13.8 Å². The molecular formula is C10H20N2O2. The van der Waals surface area contributed by atoms with E-state index < -0.39 is 0 Å². The molecular weight excluding hydrogens is 180 g/mol. The monoisotopic (exact) mass is 200 g/mol. The highest BCUT2D eigenvalue weighted by molar-refractivity contribution is 5.85. The largest absolute Gasteiger partial charge is 0.396 e. The van der Waals surface area contributed by atoms with Crippen molar-refractivity contribution < 1.29 is 10.2 Å². The molecule has 0 radical (unpaired) electrons. The molecule has 0 saturated heterocycles. The fraction of sp³-hybridized carbons (Fsp3) is 0.800. The highest BCUT2D eigenvalue weighted by Crippen LogP contribution is 1.96. The Morgan fingerprint density at radius 3 is 1.50 bits per heavy atom. The summed E-state index contributed by atoms with van der Waals surface area (Å²) in [7, 11) is 0. The lowest BCUT2D eigenvalue weighted by atomic mass is 10.2. The maximum atomic E-state index is 8.59. The minimum absolute atomic E-state index is 0.195. The van der Waals surface area contributed by atoms with Crippen LogP contribution in [-0.4, -0.2) is 34.9 Å². The Labute approximate surface area is 85.4 Å². The smallest absolute Gasteiger partial charge is 0.0434 e. The van der Waals surface area contributed by atoms with E-state index in [2.05, 4.69) is 10.2 Å². The van der Waals surface area contributed by atoms with Crippen LogP contribution in [0.2, 0.25) is 0 Å². The van der Waals surface area contributed by atoms with E-state index in [1.54, 1.807) is 0 Å². The van der Waals surface area contributed by atoms with Gasteiger partial charge in [0.15, 0.2) is 0 Å². The Kier molecular flexibility index (Phi) is 8.37. The number of rotatable bonds is 7. The molecule has 82 valence electrons. The fourth-order valence-electron chi connectivity index (χ4n) is 0.940. The summed E-state index contributed by atoms with van der Waals surface area (Å²) in [4.78, 5) is 0. The van der Waals surface area contributed by atoms with Crippen LogP contribution in [0, 0.1) is 0 Å². The molecule has 0 aromatic carbocycles. The number of aliphatic hydroxyl groups is 2. The Balaban J connectivity index is 3.84. The third-order valence-corrected chi connectivity index (χ3v) is 1.78. The highest BCUT2D eigenvalue weighted by Gasteiger charge is 1.92. The third-order valence-electron chi connectivity index (χ3n) is 1.78. The molecule has 0 saturated carbocycles. The van der Waals surface area contributed by atoms with Gasteiger partial charge in [-0.1, -0.05) is 0 Å². The summed E-state index contributed by atoms with van der Waals surface area (Å²) < 4.78 is 0. The molecule has 0 bridgehead atoms. The zero-order chi connectivity index (χ0) is 10.8. The fourth-order valence-corrected chi connectivity index (χ4v) is 0.940. The minimum atomic E-state index is 0.195. The van der Waals surface area contributed by atoms with Crippen molar-refractivity contribution in [3.05, 3.63) is 0 Å². The Hall–Kier alpha value is -0.740. The van der Waals surface area contributed by atoms with E-state index in [9.17, 15) is 0 Å². The maximum Gasteiger partial charge on any atom is 0.0434 e. The Bertz CT molecular complexity index is 178. The van der Waals surface area contributed by atoms with Crippen molar-refractivity contribution in [1.29, 1.82) is 0 Å². The van der Waals surface area contributed by atoms with Crippen molar-refractivity contribution >= 4 is 11.4 Å². The predicted molar refractivity (Wildman–Crippen MR) is 58.9 cm³/mol. The molecule has 0 aliphatic heterocycles. The summed E-state index contributed by atoms with van der Waals surface area (Å²) in [6.45, 7) is 4.19. The molecule has 4 heteroatoms. The van der Waals surface area contributed by atoms with Crippen LogP contribution < -0.4 is 0 Å². The summed E-state index contributed by atoms with van der Waals surface area (Å²) in [5, 5.41) is 25.2. The van der Waals surface area contributed by atoms with Crippen LogP contribution in [0.25, 0.3) is 0 Å². The zero-order valence-electron chi connectivity index (χ0n) is 9.03. The molecule has 0 aliphatic carbocycles. The molecule has 14 heavy (non-hydrogen) atoms. The van der Waals surface area contributed by atoms with Crippen LogP contribution in [0.3, 0.4) is 0 Å². The standard InChI is InChI=1S/C10H20N2O2/c1-9(5-3-7-13)11-12-10(2)6-4-8-14/h13-14H,3-8H2,1-2H3. The number of hydrogen-bond acceptors (Lipinski definition) is 4. The molecule has 0 atom stereocenters. The van der Waals surface area contributed by atoms with Crippen LogP contribution in [-0.2, 0) is 0 Å². The van der Waals surface area contributed by atoms with Gasteiger partial charge in [0, 0.05) is 24.6 Å². The first-order valence-electron chi connectivity index (χ1n) is 4.99. The van der Waals surface area contributed by atoms with Gasteiger partial charge in [-0.25, -0.2) is 0 Å². The van der Waals surface area contributed by atoms with E-state index in [1.165, 1.54) is 0 Å². The van der Waals surface area contributed by atoms with Crippen LogP contribution in [0.4, 0.5) is 0 Å². The van der Waals surface area contributed by atoms with Crippen molar-refractivity contribution in [2.45, 2.75) is 39.5 Å². The molecule has 0 aromatic heterocycles. The lowest BCUT2D eigenvalue weighted by Gasteiger charge is -1.97. The van der Waals surface area contributed by atoms with Gasteiger partial charge in [-0.15, -0.1) is 0 Å². The van der Waals surface area contributed by atoms with E-state index in [-0.39, 0.29) is 13.2 Å². The summed E-state index contributed by atoms with van der Waals surface area (Å²) in [5.41, 5.74) is 1.87. The van der Waals surface area contributed by atoms with Gasteiger partial charge in [0.05, 0.1) is 0 Å². The van der Waals surface area contributed by atoms with E-state index in [4.69, 9.17) is 10.2 Å². The summed E-state index contributed by atoms with van der Waals surface area (Å²) >= 11 is 0. The van der Waals surface area contributed by atoms with Gasteiger partial charge in [-0.05, 0) is 39.5 Å². The van der Waals surface area contributed by atoms with E-state index >= 15 is 0 Å². The molecule has 0 aliphatic rings. The van der Waals surface area contributed by atoms with Crippen molar-refractivity contribution in [1.82, 2.24) is 0 Å². The van der Waals surface area contributed by atoms with E-state index in [0.717, 1.165) is 37.1 Å². The van der Waals surface area contributed by atoms with Crippen LogP contribution in [0.5, 0.6) is 0 Å². The topological polar surface area (TPSA) is 65.2 Å². The van der Waals surface area contributed by atoms with Crippen molar-refractivity contribution in [2.24, 2.45) is 10.2 Å². The number of hydrogen-bond donors (Lipinski definition) is 2. The van der Waals surface area contributed by atoms with Gasteiger partial charge >= 0.3 is 0 Å². The number of aliphatic hydroxyl groups excluding tert-OH is 2. The second-order valence-corrected chi connectivity index (χ2v) is 3.32. The van der Waals surface area contributed by atoms with Gasteiger partial charge in [-0.3, -0.25) is 0 Å². The molecule has 0 unspecified atom stereocenters. The van der Waals surface area contributed by atoms with Crippen LogP contribution in [0.15, 0.2) is 10.2 Å². The summed E-state index contributed by atoms with van der Waals surface area (Å²) in [6, 6.07) is 0. The van der Waals surface area contributed by atoms with Gasteiger partial charge in [0.2, 0.25) is 0 Å².